The molecule has 3 aromatic rings. The lowest BCUT2D eigenvalue weighted by molar-refractivity contribution is 0.0662. The third-order valence-electron chi connectivity index (χ3n) is 6.37. The number of hydrogen-bond donors (Lipinski definition) is 0. The van der Waals surface area contributed by atoms with Gasteiger partial charge in [-0.05, 0) is 71.1 Å². The van der Waals surface area contributed by atoms with Gasteiger partial charge in [-0.15, -0.1) is 5.11 Å². The fraction of sp³-hybridized carbons (Fsp3) is 0.222. The lowest BCUT2D eigenvalue weighted by atomic mass is 10.0. The van der Waals surface area contributed by atoms with E-state index in [-0.39, 0.29) is 28.9 Å². The number of imide groups is 1. The third kappa shape index (κ3) is 4.13. The smallest absolute Gasteiger partial charge is 0.262 e. The summed E-state index contributed by atoms with van der Waals surface area (Å²) in [5.74, 6) is -0.796. The Labute approximate surface area is 211 Å². The van der Waals surface area contributed by atoms with Crippen molar-refractivity contribution in [2.75, 3.05) is 18.0 Å². The maximum Gasteiger partial charge on any atom is 0.262 e. The van der Waals surface area contributed by atoms with Crippen molar-refractivity contribution >= 4 is 44.8 Å². The van der Waals surface area contributed by atoms with Gasteiger partial charge in [0.2, 0.25) is 0 Å². The van der Waals surface area contributed by atoms with Crippen LogP contribution in [0.3, 0.4) is 0 Å². The summed E-state index contributed by atoms with van der Waals surface area (Å²) in [6.45, 7) is 3.84. The molecule has 2 aliphatic heterocycles. The van der Waals surface area contributed by atoms with Crippen molar-refractivity contribution < 1.29 is 9.59 Å². The van der Waals surface area contributed by atoms with Crippen molar-refractivity contribution in [2.24, 2.45) is 10.2 Å². The van der Waals surface area contributed by atoms with Gasteiger partial charge >= 0.3 is 0 Å². The van der Waals surface area contributed by atoms with Crippen LogP contribution in [0.5, 0.6) is 0 Å². The Morgan fingerprint density at radius 3 is 2.60 bits per heavy atom. The molecule has 5 rings (SSSR count). The maximum absolute atomic E-state index is 12.7. The highest BCUT2D eigenvalue weighted by atomic mass is 79.9. The van der Waals surface area contributed by atoms with Crippen molar-refractivity contribution in [3.63, 3.8) is 0 Å². The Bertz CT molecular complexity index is 1410. The van der Waals surface area contributed by atoms with Gasteiger partial charge in [-0.1, -0.05) is 30.3 Å². The molecule has 2 heterocycles. The molecule has 0 saturated carbocycles. The van der Waals surface area contributed by atoms with Gasteiger partial charge in [0.25, 0.3) is 11.8 Å². The van der Waals surface area contributed by atoms with E-state index in [0.717, 1.165) is 30.8 Å². The van der Waals surface area contributed by atoms with Crippen LogP contribution >= 0.6 is 15.9 Å². The molecule has 0 aliphatic carbocycles. The van der Waals surface area contributed by atoms with Crippen molar-refractivity contribution in [1.29, 1.82) is 5.26 Å². The molecule has 35 heavy (non-hydrogen) atoms. The lowest BCUT2D eigenvalue weighted by Gasteiger charge is -2.31. The number of fused-ring (bicyclic) bond motifs is 2. The number of carbonyl (C=O) groups excluding carboxylic acids is 2. The molecule has 3 aromatic carbocycles. The molecule has 0 spiro atoms. The first kappa shape index (κ1) is 22.9. The zero-order valence-corrected chi connectivity index (χ0v) is 20.7. The van der Waals surface area contributed by atoms with Gasteiger partial charge in [0.05, 0.1) is 26.9 Å². The number of halogens is 1. The van der Waals surface area contributed by atoms with Crippen molar-refractivity contribution in [1.82, 2.24) is 4.90 Å². The predicted molar refractivity (Wildman–Crippen MR) is 136 cm³/mol. The van der Waals surface area contributed by atoms with Gasteiger partial charge in [-0.2, -0.15) is 10.4 Å². The predicted octanol–water partition coefficient (Wildman–Crippen LogP) is 6.30. The van der Waals surface area contributed by atoms with Gasteiger partial charge < -0.3 is 4.90 Å². The van der Waals surface area contributed by atoms with Gasteiger partial charge in [0.15, 0.2) is 0 Å². The summed E-state index contributed by atoms with van der Waals surface area (Å²) in [6.07, 6.45) is 2.01. The summed E-state index contributed by atoms with van der Waals surface area (Å²) < 4.78 is 0.316. The van der Waals surface area contributed by atoms with E-state index in [0.29, 0.717) is 10.2 Å². The quantitative estimate of drug-likeness (QED) is 0.287. The monoisotopic (exact) mass is 527 g/mol. The molecular weight excluding hydrogens is 506 g/mol. The molecule has 8 heteroatoms. The summed E-state index contributed by atoms with van der Waals surface area (Å²) in [6, 6.07) is 19.9. The molecule has 174 valence electrons. The number of carbonyl (C=O) groups is 2. The number of nitriles is 1. The van der Waals surface area contributed by atoms with Crippen LogP contribution in [0.25, 0.3) is 0 Å². The molecule has 0 N–H and O–H groups in total. The van der Waals surface area contributed by atoms with E-state index in [1.165, 1.54) is 22.9 Å². The zero-order chi connectivity index (χ0) is 24.5. The molecule has 0 atom stereocenters. The minimum absolute atomic E-state index is 0.186. The molecule has 2 aliphatic rings. The third-order valence-corrected chi connectivity index (χ3v) is 7.14. The van der Waals surface area contributed by atoms with Crippen LogP contribution < -0.4 is 4.90 Å². The summed E-state index contributed by atoms with van der Waals surface area (Å²) in [5, 5.41) is 18.4. The number of benzene rings is 3. The minimum Gasteiger partial charge on any atom is -0.367 e. The SMILES string of the molecule is CCN1C(=O)c2cc(C#N)c(/N=N/c3ccc4c(c3)CCCN4Cc3ccccc3)c(Br)c2C1=O. The molecule has 0 fully saturated rings. The Morgan fingerprint density at radius 1 is 1.06 bits per heavy atom. The van der Waals surface area contributed by atoms with Gasteiger partial charge in [0.1, 0.15) is 11.8 Å². The number of azo groups is 1. The van der Waals surface area contributed by atoms with Gasteiger partial charge in [-0.3, -0.25) is 14.5 Å². The Hall–Kier alpha value is -3.83. The van der Waals surface area contributed by atoms with E-state index in [1.807, 2.05) is 18.2 Å². The summed E-state index contributed by atoms with van der Waals surface area (Å²) in [5.41, 5.74) is 5.21. The normalized spacial score (nSPS) is 14.9. The van der Waals surface area contributed by atoms with Crippen LogP contribution in [0, 0.1) is 11.3 Å². The molecule has 0 saturated heterocycles. The highest BCUT2D eigenvalue weighted by molar-refractivity contribution is 9.10. The summed E-state index contributed by atoms with van der Waals surface area (Å²) in [7, 11) is 0. The first-order valence-corrected chi connectivity index (χ1v) is 12.3. The number of aryl methyl sites for hydroxylation is 1. The molecule has 7 nitrogen and oxygen atoms in total. The maximum atomic E-state index is 12.7. The number of amides is 2. The van der Waals surface area contributed by atoms with E-state index in [4.69, 9.17) is 0 Å². The van der Waals surface area contributed by atoms with Crippen molar-refractivity contribution in [3.8, 4) is 6.07 Å². The molecule has 0 aromatic heterocycles. The molecular formula is C27H22BrN5O2. The molecule has 0 radical (unpaired) electrons. The summed E-state index contributed by atoms with van der Waals surface area (Å²) in [4.78, 5) is 28.8. The van der Waals surface area contributed by atoms with Crippen LogP contribution in [0.4, 0.5) is 17.1 Å². The lowest BCUT2D eigenvalue weighted by Crippen LogP contribution is -2.29. The second-order valence-corrected chi connectivity index (χ2v) is 9.29. The topological polar surface area (TPSA) is 89.1 Å². The number of hydrogen-bond acceptors (Lipinski definition) is 6. The second kappa shape index (κ2) is 9.43. The average molecular weight is 528 g/mol. The standard InChI is InChI=1S/C27H22BrN5O2/c1-2-33-26(34)21-14-19(15-29)25(24(28)23(21)27(33)35)31-30-20-10-11-22-18(13-20)9-6-12-32(22)16-17-7-4-3-5-8-17/h3-5,7-8,10-11,13-14H,2,6,9,12,16H2,1H3/b31-30+. The van der Waals surface area contributed by atoms with Crippen LogP contribution in [0.15, 0.2) is 69.3 Å². The van der Waals surface area contributed by atoms with Crippen molar-refractivity contribution in [2.45, 2.75) is 26.3 Å². The number of anilines is 1. The minimum atomic E-state index is -0.400. The van der Waals surface area contributed by atoms with Crippen LogP contribution in [-0.2, 0) is 13.0 Å². The second-order valence-electron chi connectivity index (χ2n) is 8.50. The average Bonchev–Trinajstić information content (AvgIpc) is 3.12. The van der Waals surface area contributed by atoms with E-state index >= 15 is 0 Å². The highest BCUT2D eigenvalue weighted by Gasteiger charge is 2.38. The van der Waals surface area contributed by atoms with Crippen LogP contribution in [-0.4, -0.2) is 29.8 Å². The molecule has 0 unspecified atom stereocenters. The summed E-state index contributed by atoms with van der Waals surface area (Å²) >= 11 is 3.41. The first-order valence-electron chi connectivity index (χ1n) is 11.5. The molecule has 0 bridgehead atoms. The van der Waals surface area contributed by atoms with E-state index in [9.17, 15) is 14.9 Å². The van der Waals surface area contributed by atoms with Crippen LogP contribution in [0.2, 0.25) is 0 Å². The molecule has 2 amide bonds. The Balaban J connectivity index is 1.45. The van der Waals surface area contributed by atoms with Crippen molar-refractivity contribution in [3.05, 3.63) is 86.9 Å². The van der Waals surface area contributed by atoms with E-state index in [1.54, 1.807) is 6.92 Å². The number of nitrogens with zero attached hydrogens (tertiary/aromatic N) is 5. The Morgan fingerprint density at radius 2 is 1.86 bits per heavy atom. The largest absolute Gasteiger partial charge is 0.367 e. The zero-order valence-electron chi connectivity index (χ0n) is 19.2. The fourth-order valence-corrected chi connectivity index (χ4v) is 5.34. The highest BCUT2D eigenvalue weighted by Crippen LogP contribution is 2.40. The Kier molecular flexibility index (Phi) is 6.18. The van der Waals surface area contributed by atoms with E-state index < -0.39 is 11.8 Å². The fourth-order valence-electron chi connectivity index (χ4n) is 4.66. The van der Waals surface area contributed by atoms with Crippen LogP contribution in [0.1, 0.15) is 50.8 Å². The van der Waals surface area contributed by atoms with Gasteiger partial charge in [0, 0.05) is 25.3 Å². The van der Waals surface area contributed by atoms with E-state index in [2.05, 4.69) is 67.5 Å². The van der Waals surface area contributed by atoms with Gasteiger partial charge in [-0.25, -0.2) is 0 Å². The first-order chi connectivity index (χ1) is 17.0. The number of rotatable bonds is 5.